The second-order valence-electron chi connectivity index (χ2n) is 5.17. The molecule has 0 aliphatic rings. The fourth-order valence-corrected chi connectivity index (χ4v) is 2.26. The maximum absolute atomic E-state index is 12.3. The predicted octanol–water partition coefficient (Wildman–Crippen LogP) is 3.54. The van der Waals surface area contributed by atoms with E-state index in [9.17, 15) is 9.59 Å². The number of rotatable bonds is 4. The van der Waals surface area contributed by atoms with Crippen LogP contribution < -0.4 is 10.6 Å². The SMILES string of the molecule is Cc1cc(NC(=O)c2cc(C(=O)Nc3cccc(Cl)c3)ccn2)no1. The number of benzene rings is 1. The lowest BCUT2D eigenvalue weighted by atomic mass is 10.2. The lowest BCUT2D eigenvalue weighted by Gasteiger charge is -2.07. The normalized spacial score (nSPS) is 10.3. The van der Waals surface area contributed by atoms with Crippen LogP contribution in [0, 0.1) is 6.92 Å². The number of nitrogens with one attached hydrogen (secondary N) is 2. The third-order valence-electron chi connectivity index (χ3n) is 3.21. The van der Waals surface area contributed by atoms with Crippen LogP contribution in [0.3, 0.4) is 0 Å². The average molecular weight is 357 g/mol. The van der Waals surface area contributed by atoms with Crippen molar-refractivity contribution in [1.29, 1.82) is 0 Å². The molecule has 0 unspecified atom stereocenters. The zero-order valence-corrected chi connectivity index (χ0v) is 13.9. The largest absolute Gasteiger partial charge is 0.360 e. The first kappa shape index (κ1) is 16.7. The van der Waals surface area contributed by atoms with Gasteiger partial charge in [0.15, 0.2) is 5.82 Å². The minimum absolute atomic E-state index is 0.0828. The Morgan fingerprint density at radius 2 is 1.92 bits per heavy atom. The second kappa shape index (κ2) is 7.14. The van der Waals surface area contributed by atoms with Gasteiger partial charge in [0.1, 0.15) is 11.5 Å². The van der Waals surface area contributed by atoms with E-state index >= 15 is 0 Å². The van der Waals surface area contributed by atoms with Crippen molar-refractivity contribution in [1.82, 2.24) is 10.1 Å². The van der Waals surface area contributed by atoms with E-state index in [0.717, 1.165) is 0 Å². The van der Waals surface area contributed by atoms with Crippen molar-refractivity contribution in [2.45, 2.75) is 6.92 Å². The Balaban J connectivity index is 1.74. The Morgan fingerprint density at radius 3 is 2.64 bits per heavy atom. The molecule has 0 radical (unpaired) electrons. The summed E-state index contributed by atoms with van der Waals surface area (Å²) in [6, 6.07) is 11.3. The molecule has 0 fully saturated rings. The molecule has 2 heterocycles. The van der Waals surface area contributed by atoms with Crippen LogP contribution in [0.25, 0.3) is 0 Å². The summed E-state index contributed by atoms with van der Waals surface area (Å²) in [5.41, 5.74) is 0.925. The number of aromatic nitrogens is 2. The van der Waals surface area contributed by atoms with Gasteiger partial charge in [0.2, 0.25) is 0 Å². The van der Waals surface area contributed by atoms with E-state index in [4.69, 9.17) is 16.1 Å². The summed E-state index contributed by atoms with van der Waals surface area (Å²) in [5.74, 6) is -0.0299. The fraction of sp³-hybridized carbons (Fsp3) is 0.0588. The minimum Gasteiger partial charge on any atom is -0.360 e. The Bertz CT molecular complexity index is 939. The number of anilines is 2. The Labute approximate surface area is 148 Å². The van der Waals surface area contributed by atoms with Gasteiger partial charge in [-0.2, -0.15) is 0 Å². The van der Waals surface area contributed by atoms with E-state index in [1.165, 1.54) is 18.3 Å². The fourth-order valence-electron chi connectivity index (χ4n) is 2.07. The van der Waals surface area contributed by atoms with E-state index in [0.29, 0.717) is 16.5 Å². The number of carbonyl (C=O) groups is 2. The standard InChI is InChI=1S/C17H13ClN4O3/c1-10-7-15(22-25-10)21-17(24)14-8-11(5-6-19-14)16(23)20-13-4-2-3-12(18)9-13/h2-9H,1H3,(H,20,23)(H,21,22,24). The Hall–Kier alpha value is -3.19. The number of nitrogens with zero attached hydrogens (tertiary/aromatic N) is 2. The maximum atomic E-state index is 12.3. The molecule has 3 rings (SSSR count). The van der Waals surface area contributed by atoms with Gasteiger partial charge in [-0.1, -0.05) is 22.8 Å². The van der Waals surface area contributed by atoms with Crippen LogP contribution in [-0.4, -0.2) is 22.0 Å². The molecule has 1 aromatic carbocycles. The molecule has 7 nitrogen and oxygen atoms in total. The highest BCUT2D eigenvalue weighted by atomic mass is 35.5. The molecule has 0 spiro atoms. The van der Waals surface area contributed by atoms with Gasteiger partial charge in [-0.25, -0.2) is 0 Å². The molecule has 2 amide bonds. The van der Waals surface area contributed by atoms with Crippen molar-refractivity contribution in [3.8, 4) is 0 Å². The van der Waals surface area contributed by atoms with Crippen molar-refractivity contribution in [2.75, 3.05) is 10.6 Å². The monoisotopic (exact) mass is 356 g/mol. The molecule has 2 aromatic heterocycles. The molecular formula is C17H13ClN4O3. The van der Waals surface area contributed by atoms with Gasteiger partial charge in [-0.05, 0) is 37.3 Å². The molecule has 0 aliphatic carbocycles. The van der Waals surface area contributed by atoms with E-state index in [-0.39, 0.29) is 23.0 Å². The van der Waals surface area contributed by atoms with Crippen molar-refractivity contribution >= 4 is 34.9 Å². The molecule has 8 heteroatoms. The van der Waals surface area contributed by atoms with Crippen molar-refractivity contribution in [3.05, 3.63) is 70.7 Å². The van der Waals surface area contributed by atoms with Crippen molar-refractivity contribution in [2.24, 2.45) is 0 Å². The van der Waals surface area contributed by atoms with Crippen LogP contribution in [0.4, 0.5) is 11.5 Å². The smallest absolute Gasteiger partial charge is 0.275 e. The number of hydrogen-bond acceptors (Lipinski definition) is 5. The zero-order valence-electron chi connectivity index (χ0n) is 13.1. The van der Waals surface area contributed by atoms with Gasteiger partial charge in [-0.3, -0.25) is 14.6 Å². The highest BCUT2D eigenvalue weighted by Crippen LogP contribution is 2.16. The van der Waals surface area contributed by atoms with Crippen LogP contribution in [0.5, 0.6) is 0 Å². The summed E-state index contributed by atoms with van der Waals surface area (Å²) in [6.45, 7) is 1.71. The van der Waals surface area contributed by atoms with Gasteiger partial charge in [0, 0.05) is 28.5 Å². The third kappa shape index (κ3) is 4.21. The van der Waals surface area contributed by atoms with Gasteiger partial charge in [-0.15, -0.1) is 0 Å². The number of amides is 2. The first-order chi connectivity index (χ1) is 12.0. The summed E-state index contributed by atoms with van der Waals surface area (Å²) in [6.07, 6.45) is 1.38. The molecule has 0 bridgehead atoms. The van der Waals surface area contributed by atoms with E-state index < -0.39 is 5.91 Å². The third-order valence-corrected chi connectivity index (χ3v) is 3.44. The van der Waals surface area contributed by atoms with Crippen LogP contribution in [0.2, 0.25) is 5.02 Å². The number of hydrogen-bond donors (Lipinski definition) is 2. The Morgan fingerprint density at radius 1 is 1.08 bits per heavy atom. The highest BCUT2D eigenvalue weighted by molar-refractivity contribution is 6.31. The molecule has 0 saturated carbocycles. The van der Waals surface area contributed by atoms with E-state index in [1.54, 1.807) is 37.3 Å². The van der Waals surface area contributed by atoms with Gasteiger partial charge in [0.25, 0.3) is 11.8 Å². The van der Waals surface area contributed by atoms with Crippen LogP contribution in [-0.2, 0) is 0 Å². The lowest BCUT2D eigenvalue weighted by molar-refractivity contribution is 0.102. The zero-order chi connectivity index (χ0) is 17.8. The molecule has 3 aromatic rings. The number of halogens is 1. The topological polar surface area (TPSA) is 97.1 Å². The minimum atomic E-state index is -0.495. The molecule has 2 N–H and O–H groups in total. The van der Waals surface area contributed by atoms with Gasteiger partial charge in [0.05, 0.1) is 0 Å². The molecule has 126 valence electrons. The maximum Gasteiger partial charge on any atom is 0.275 e. The van der Waals surface area contributed by atoms with E-state index in [2.05, 4.69) is 20.8 Å². The molecule has 0 saturated heterocycles. The number of carbonyl (C=O) groups excluding carboxylic acids is 2. The first-order valence-corrected chi connectivity index (χ1v) is 7.67. The van der Waals surface area contributed by atoms with E-state index in [1.807, 2.05) is 0 Å². The molecular weight excluding hydrogens is 344 g/mol. The predicted molar refractivity (Wildman–Crippen MR) is 92.8 cm³/mol. The van der Waals surface area contributed by atoms with Gasteiger partial charge < -0.3 is 15.2 Å². The number of aryl methyl sites for hydroxylation is 1. The van der Waals surface area contributed by atoms with Gasteiger partial charge >= 0.3 is 0 Å². The summed E-state index contributed by atoms with van der Waals surface area (Å²) in [7, 11) is 0. The second-order valence-corrected chi connectivity index (χ2v) is 5.61. The van der Waals surface area contributed by atoms with Crippen molar-refractivity contribution < 1.29 is 14.1 Å². The van der Waals surface area contributed by atoms with Crippen LogP contribution in [0.15, 0.2) is 53.2 Å². The molecule has 0 atom stereocenters. The van der Waals surface area contributed by atoms with Crippen LogP contribution >= 0.6 is 11.6 Å². The quantitative estimate of drug-likeness (QED) is 0.745. The molecule has 25 heavy (non-hydrogen) atoms. The highest BCUT2D eigenvalue weighted by Gasteiger charge is 2.14. The summed E-state index contributed by atoms with van der Waals surface area (Å²) in [4.78, 5) is 28.5. The number of pyridine rings is 1. The average Bonchev–Trinajstić information content (AvgIpc) is 3.00. The summed E-state index contributed by atoms with van der Waals surface area (Å²) < 4.78 is 4.88. The Kier molecular flexibility index (Phi) is 4.76. The lowest BCUT2D eigenvalue weighted by Crippen LogP contribution is -2.17. The summed E-state index contributed by atoms with van der Waals surface area (Å²) in [5, 5.41) is 9.44. The first-order valence-electron chi connectivity index (χ1n) is 7.29. The van der Waals surface area contributed by atoms with Crippen molar-refractivity contribution in [3.63, 3.8) is 0 Å². The van der Waals surface area contributed by atoms with Crippen LogP contribution in [0.1, 0.15) is 26.6 Å². The summed E-state index contributed by atoms with van der Waals surface area (Å²) >= 11 is 5.89. The molecule has 0 aliphatic heterocycles.